The van der Waals surface area contributed by atoms with E-state index < -0.39 is 0 Å². The molecular formula is C13H8N2S. The van der Waals surface area contributed by atoms with E-state index in [-0.39, 0.29) is 0 Å². The molecule has 0 amide bonds. The molecule has 0 saturated heterocycles. The molecule has 2 heterocycles. The lowest BCUT2D eigenvalue weighted by Crippen LogP contribution is -1.86. The molecular weight excluding hydrogens is 216 g/mol. The maximum absolute atomic E-state index is 4.35. The number of rotatable bonds is 0. The van der Waals surface area contributed by atoms with Gasteiger partial charge in [0, 0.05) is 38.7 Å². The average Bonchev–Trinajstić information content (AvgIpc) is 2.83. The zero-order chi connectivity index (χ0) is 10.5. The minimum Gasteiger partial charge on any atom is -0.244 e. The Hall–Kier alpha value is -1.74. The van der Waals surface area contributed by atoms with Crippen LogP contribution >= 0.6 is 11.3 Å². The molecule has 0 radical (unpaired) electrons. The van der Waals surface area contributed by atoms with Crippen LogP contribution in [0.15, 0.2) is 36.8 Å². The Morgan fingerprint density at radius 1 is 1.19 bits per heavy atom. The van der Waals surface area contributed by atoms with Crippen LogP contribution < -0.4 is 0 Å². The van der Waals surface area contributed by atoms with Crippen LogP contribution in [-0.2, 0) is 6.42 Å². The van der Waals surface area contributed by atoms with Crippen molar-refractivity contribution in [2.45, 2.75) is 6.42 Å². The van der Waals surface area contributed by atoms with Gasteiger partial charge in [-0.1, -0.05) is 18.2 Å². The third kappa shape index (κ3) is 0.959. The molecule has 0 spiro atoms. The highest BCUT2D eigenvalue weighted by atomic mass is 32.1. The summed E-state index contributed by atoms with van der Waals surface area (Å²) in [6.07, 6.45) is 4.54. The van der Waals surface area contributed by atoms with Gasteiger partial charge in [-0.2, -0.15) is 0 Å². The van der Waals surface area contributed by atoms with Gasteiger partial charge >= 0.3 is 0 Å². The van der Waals surface area contributed by atoms with E-state index in [0.717, 1.165) is 6.42 Å². The zero-order valence-electron chi connectivity index (χ0n) is 8.47. The number of benzene rings is 1. The maximum Gasteiger partial charge on any atom is 0.115 e. The Balaban J connectivity index is 2.15. The molecule has 76 valence electrons. The van der Waals surface area contributed by atoms with Crippen molar-refractivity contribution in [3.05, 3.63) is 47.4 Å². The highest BCUT2D eigenvalue weighted by molar-refractivity contribution is 7.19. The summed E-state index contributed by atoms with van der Waals surface area (Å²) >= 11 is 1.88. The van der Waals surface area contributed by atoms with E-state index in [2.05, 4.69) is 34.2 Å². The molecule has 2 aromatic heterocycles. The van der Waals surface area contributed by atoms with Crippen molar-refractivity contribution in [1.29, 1.82) is 0 Å². The smallest absolute Gasteiger partial charge is 0.115 e. The van der Waals surface area contributed by atoms with Crippen LogP contribution in [0.5, 0.6) is 0 Å². The molecule has 0 N–H and O–H groups in total. The van der Waals surface area contributed by atoms with Crippen LogP contribution in [-0.4, -0.2) is 9.97 Å². The minimum atomic E-state index is 0.965. The lowest BCUT2D eigenvalue weighted by molar-refractivity contribution is 1.07. The van der Waals surface area contributed by atoms with Crippen molar-refractivity contribution in [3.63, 3.8) is 0 Å². The van der Waals surface area contributed by atoms with E-state index in [1.54, 1.807) is 6.33 Å². The van der Waals surface area contributed by atoms with E-state index in [4.69, 9.17) is 0 Å². The molecule has 2 nitrogen and oxygen atoms in total. The molecule has 0 unspecified atom stereocenters. The molecule has 16 heavy (non-hydrogen) atoms. The molecule has 0 fully saturated rings. The third-order valence-electron chi connectivity index (χ3n) is 3.06. The van der Waals surface area contributed by atoms with Crippen molar-refractivity contribution in [2.75, 3.05) is 0 Å². The van der Waals surface area contributed by atoms with Crippen LogP contribution in [0.25, 0.3) is 21.2 Å². The van der Waals surface area contributed by atoms with Crippen LogP contribution in [0.2, 0.25) is 0 Å². The molecule has 4 rings (SSSR count). The molecule has 3 heteroatoms. The number of nitrogens with zero attached hydrogens (tertiary/aromatic N) is 2. The number of hydrogen-bond acceptors (Lipinski definition) is 3. The SMILES string of the molecule is c1ccc2c3c(sc2c1)Cc1ncncc1-3. The predicted molar refractivity (Wildman–Crippen MR) is 65.7 cm³/mol. The summed E-state index contributed by atoms with van der Waals surface area (Å²) in [6, 6.07) is 8.56. The summed E-state index contributed by atoms with van der Waals surface area (Å²) in [5.41, 5.74) is 3.74. The van der Waals surface area contributed by atoms with Crippen LogP contribution in [0.1, 0.15) is 10.6 Å². The number of aromatic nitrogens is 2. The molecule has 1 aromatic carbocycles. The Kier molecular flexibility index (Phi) is 1.52. The Labute approximate surface area is 96.6 Å². The fraction of sp³-hybridized carbons (Fsp3) is 0.0769. The second kappa shape index (κ2) is 2.89. The van der Waals surface area contributed by atoms with E-state index >= 15 is 0 Å². The van der Waals surface area contributed by atoms with E-state index in [1.807, 2.05) is 17.5 Å². The fourth-order valence-corrected chi connectivity index (χ4v) is 3.60. The fourth-order valence-electron chi connectivity index (χ4n) is 2.37. The van der Waals surface area contributed by atoms with Gasteiger partial charge in [-0.15, -0.1) is 11.3 Å². The highest BCUT2D eigenvalue weighted by Crippen LogP contribution is 2.45. The van der Waals surface area contributed by atoms with Gasteiger partial charge in [-0.25, -0.2) is 9.97 Å². The molecule has 0 aliphatic heterocycles. The van der Waals surface area contributed by atoms with Crippen molar-refractivity contribution < 1.29 is 0 Å². The quantitative estimate of drug-likeness (QED) is 0.458. The van der Waals surface area contributed by atoms with Gasteiger partial charge in [0.1, 0.15) is 6.33 Å². The first-order chi connectivity index (χ1) is 7.93. The van der Waals surface area contributed by atoms with Crippen molar-refractivity contribution >= 4 is 21.4 Å². The van der Waals surface area contributed by atoms with Crippen LogP contribution in [0.4, 0.5) is 0 Å². The van der Waals surface area contributed by atoms with Gasteiger partial charge in [0.25, 0.3) is 0 Å². The van der Waals surface area contributed by atoms with Crippen LogP contribution in [0, 0.1) is 0 Å². The largest absolute Gasteiger partial charge is 0.244 e. The number of thiophene rings is 1. The normalized spacial score (nSPS) is 12.8. The van der Waals surface area contributed by atoms with Gasteiger partial charge in [0.05, 0.1) is 5.69 Å². The topological polar surface area (TPSA) is 25.8 Å². The maximum atomic E-state index is 4.35. The van der Waals surface area contributed by atoms with Gasteiger partial charge in [0.15, 0.2) is 0 Å². The van der Waals surface area contributed by atoms with Gasteiger partial charge in [0.2, 0.25) is 0 Å². The van der Waals surface area contributed by atoms with Gasteiger partial charge < -0.3 is 0 Å². The van der Waals surface area contributed by atoms with Crippen molar-refractivity contribution in [2.24, 2.45) is 0 Å². The highest BCUT2D eigenvalue weighted by Gasteiger charge is 2.24. The standard InChI is InChI=1S/C13H8N2S/c1-2-4-11-8(3-1)13-9-6-14-7-15-10(9)5-12(13)16-11/h1-4,6-7H,5H2. The minimum absolute atomic E-state index is 0.965. The van der Waals surface area contributed by atoms with Gasteiger partial charge in [-0.05, 0) is 6.07 Å². The zero-order valence-corrected chi connectivity index (χ0v) is 9.29. The Bertz CT molecular complexity index is 700. The summed E-state index contributed by atoms with van der Waals surface area (Å²) in [5.74, 6) is 0. The monoisotopic (exact) mass is 224 g/mol. The Morgan fingerprint density at radius 2 is 2.12 bits per heavy atom. The summed E-state index contributed by atoms with van der Waals surface area (Å²) in [4.78, 5) is 9.91. The Morgan fingerprint density at radius 3 is 3.12 bits per heavy atom. The molecule has 1 aliphatic rings. The van der Waals surface area contributed by atoms with Crippen molar-refractivity contribution in [3.8, 4) is 11.1 Å². The molecule has 0 saturated carbocycles. The summed E-state index contributed by atoms with van der Waals surface area (Å²) in [7, 11) is 0. The molecule has 1 aliphatic carbocycles. The number of fused-ring (bicyclic) bond motifs is 5. The second-order valence-electron chi connectivity index (χ2n) is 3.96. The van der Waals surface area contributed by atoms with E-state index in [0.29, 0.717) is 0 Å². The first-order valence-electron chi connectivity index (χ1n) is 5.23. The van der Waals surface area contributed by atoms with Gasteiger partial charge in [-0.3, -0.25) is 0 Å². The number of hydrogen-bond donors (Lipinski definition) is 0. The first kappa shape index (κ1) is 8.42. The summed E-state index contributed by atoms with van der Waals surface area (Å²) in [5, 5.41) is 1.34. The summed E-state index contributed by atoms with van der Waals surface area (Å²) in [6.45, 7) is 0. The van der Waals surface area contributed by atoms with E-state index in [1.165, 1.54) is 31.8 Å². The third-order valence-corrected chi connectivity index (χ3v) is 4.23. The molecule has 0 bridgehead atoms. The molecule has 0 atom stereocenters. The average molecular weight is 224 g/mol. The second-order valence-corrected chi connectivity index (χ2v) is 5.09. The molecule has 3 aromatic rings. The summed E-state index contributed by atoms with van der Waals surface area (Å²) < 4.78 is 1.36. The van der Waals surface area contributed by atoms with Crippen molar-refractivity contribution in [1.82, 2.24) is 9.97 Å². The first-order valence-corrected chi connectivity index (χ1v) is 6.05. The predicted octanol–water partition coefficient (Wildman–Crippen LogP) is 3.26. The lowest BCUT2D eigenvalue weighted by atomic mass is 10.1. The van der Waals surface area contributed by atoms with Crippen LogP contribution in [0.3, 0.4) is 0 Å². The van der Waals surface area contributed by atoms with E-state index in [9.17, 15) is 0 Å². The lowest BCUT2D eigenvalue weighted by Gasteiger charge is -1.97.